The van der Waals surface area contributed by atoms with Crippen molar-refractivity contribution in [1.29, 1.82) is 5.26 Å². The molecule has 0 aliphatic carbocycles. The Labute approximate surface area is 116 Å². The van der Waals surface area contributed by atoms with Crippen LogP contribution in [0.1, 0.15) is 24.2 Å². The number of aromatic carboxylic acids is 1. The van der Waals surface area contributed by atoms with Gasteiger partial charge in [-0.05, 0) is 19.9 Å². The van der Waals surface area contributed by atoms with Crippen LogP contribution in [0.2, 0.25) is 0 Å². The average Bonchev–Trinajstić information content (AvgIpc) is 2.43. The van der Waals surface area contributed by atoms with Gasteiger partial charge in [-0.1, -0.05) is 6.07 Å². The monoisotopic (exact) mass is 277 g/mol. The number of nitro benzene ring substituents is 1. The van der Waals surface area contributed by atoms with Crippen LogP contribution in [-0.4, -0.2) is 29.1 Å². The van der Waals surface area contributed by atoms with Crippen molar-refractivity contribution in [3.05, 3.63) is 33.9 Å². The second-order valence-electron chi connectivity index (χ2n) is 4.30. The van der Waals surface area contributed by atoms with Gasteiger partial charge in [-0.3, -0.25) is 10.1 Å². The first-order valence-corrected chi connectivity index (χ1v) is 6.07. The summed E-state index contributed by atoms with van der Waals surface area (Å²) >= 11 is 0. The van der Waals surface area contributed by atoms with E-state index in [1.165, 1.54) is 18.2 Å². The van der Waals surface area contributed by atoms with E-state index in [-0.39, 0.29) is 29.4 Å². The molecule has 7 heteroatoms. The average molecular weight is 277 g/mol. The quantitative estimate of drug-likeness (QED) is 0.631. The fraction of sp³-hybridized carbons (Fsp3) is 0.385. The van der Waals surface area contributed by atoms with Crippen molar-refractivity contribution in [2.24, 2.45) is 5.92 Å². The number of nitriles is 1. The molecule has 0 saturated heterocycles. The van der Waals surface area contributed by atoms with E-state index in [0.717, 1.165) is 0 Å². The van der Waals surface area contributed by atoms with E-state index in [4.69, 9.17) is 5.26 Å². The van der Waals surface area contributed by atoms with Crippen LogP contribution in [0.4, 0.5) is 11.4 Å². The number of hydrogen-bond acceptors (Lipinski definition) is 5. The van der Waals surface area contributed by atoms with Crippen molar-refractivity contribution in [2.45, 2.75) is 13.8 Å². The summed E-state index contributed by atoms with van der Waals surface area (Å²) in [5, 5.41) is 29.1. The maximum atomic E-state index is 11.3. The molecule has 1 atom stereocenters. The van der Waals surface area contributed by atoms with Gasteiger partial charge >= 0.3 is 5.97 Å². The van der Waals surface area contributed by atoms with Crippen LogP contribution in [-0.2, 0) is 0 Å². The lowest BCUT2D eigenvalue weighted by molar-refractivity contribution is -0.384. The normalized spacial score (nSPS) is 11.4. The fourth-order valence-electron chi connectivity index (χ4n) is 1.93. The van der Waals surface area contributed by atoms with Crippen LogP contribution in [0.15, 0.2) is 18.2 Å². The van der Waals surface area contributed by atoms with Gasteiger partial charge in [0.2, 0.25) is 0 Å². The Morgan fingerprint density at radius 3 is 2.70 bits per heavy atom. The van der Waals surface area contributed by atoms with Crippen LogP contribution < -0.4 is 4.90 Å². The predicted molar refractivity (Wildman–Crippen MR) is 72.7 cm³/mol. The van der Waals surface area contributed by atoms with E-state index < -0.39 is 10.9 Å². The molecule has 106 valence electrons. The third kappa shape index (κ3) is 3.23. The van der Waals surface area contributed by atoms with Gasteiger partial charge in [-0.15, -0.1) is 0 Å². The van der Waals surface area contributed by atoms with Crippen molar-refractivity contribution in [3.63, 3.8) is 0 Å². The molecular weight excluding hydrogens is 262 g/mol. The Bertz CT molecular complexity index is 533. The number of rotatable bonds is 6. The van der Waals surface area contributed by atoms with Crippen molar-refractivity contribution < 1.29 is 14.8 Å². The second kappa shape index (κ2) is 6.52. The first-order valence-electron chi connectivity index (χ1n) is 6.07. The van der Waals surface area contributed by atoms with E-state index in [2.05, 4.69) is 0 Å². The number of carboxylic acids is 1. The highest BCUT2D eigenvalue weighted by atomic mass is 16.6. The zero-order chi connectivity index (χ0) is 15.3. The van der Waals surface area contributed by atoms with Crippen LogP contribution in [0.25, 0.3) is 0 Å². The summed E-state index contributed by atoms with van der Waals surface area (Å²) < 4.78 is 0. The molecule has 20 heavy (non-hydrogen) atoms. The third-order valence-corrected chi connectivity index (χ3v) is 2.85. The van der Waals surface area contributed by atoms with E-state index in [1.807, 2.05) is 6.07 Å². The lowest BCUT2D eigenvalue weighted by atomic mass is 10.1. The van der Waals surface area contributed by atoms with Gasteiger partial charge in [0, 0.05) is 19.2 Å². The molecule has 1 unspecified atom stereocenters. The molecule has 0 aromatic heterocycles. The molecule has 1 aromatic rings. The number of para-hydroxylation sites is 1. The highest BCUT2D eigenvalue weighted by Gasteiger charge is 2.26. The predicted octanol–water partition coefficient (Wildman–Crippen LogP) is 2.28. The van der Waals surface area contributed by atoms with E-state index in [0.29, 0.717) is 6.54 Å². The van der Waals surface area contributed by atoms with Gasteiger partial charge in [0.05, 0.1) is 22.5 Å². The molecule has 0 saturated carbocycles. The first-order chi connectivity index (χ1) is 9.42. The van der Waals surface area contributed by atoms with Gasteiger partial charge in [0.15, 0.2) is 0 Å². The minimum atomic E-state index is -1.23. The largest absolute Gasteiger partial charge is 0.478 e. The smallest absolute Gasteiger partial charge is 0.338 e. The topological polar surface area (TPSA) is 107 Å². The molecule has 1 aromatic carbocycles. The summed E-state index contributed by atoms with van der Waals surface area (Å²) in [6.07, 6.45) is 0. The maximum Gasteiger partial charge on any atom is 0.338 e. The standard InChI is InChI=1S/C13H15N3O4/c1-3-15(8-9(2)7-14)12-10(13(17)18)5-4-6-11(12)16(19)20/h4-6,9H,3,8H2,1-2H3,(H,17,18). The molecule has 1 N–H and O–H groups in total. The van der Waals surface area contributed by atoms with Crippen molar-refractivity contribution >= 4 is 17.3 Å². The third-order valence-electron chi connectivity index (χ3n) is 2.85. The summed E-state index contributed by atoms with van der Waals surface area (Å²) in [5.41, 5.74) is -0.349. The Morgan fingerprint density at radius 1 is 1.60 bits per heavy atom. The van der Waals surface area contributed by atoms with Gasteiger partial charge in [-0.25, -0.2) is 4.79 Å². The fourth-order valence-corrected chi connectivity index (χ4v) is 1.93. The summed E-state index contributed by atoms with van der Waals surface area (Å²) in [6.45, 7) is 4.04. The van der Waals surface area contributed by atoms with E-state index in [9.17, 15) is 20.0 Å². The number of nitro groups is 1. The minimum absolute atomic E-state index is 0.0506. The SMILES string of the molecule is CCN(CC(C)C#N)c1c(C(=O)O)cccc1[N+](=O)[O-]. The lowest BCUT2D eigenvalue weighted by Gasteiger charge is -2.25. The van der Waals surface area contributed by atoms with Gasteiger partial charge in [0.1, 0.15) is 5.69 Å². The maximum absolute atomic E-state index is 11.3. The van der Waals surface area contributed by atoms with Gasteiger partial charge in [0.25, 0.3) is 5.69 Å². The Kier molecular flexibility index (Phi) is 5.03. The van der Waals surface area contributed by atoms with Crippen LogP contribution in [0.5, 0.6) is 0 Å². The molecule has 0 radical (unpaired) electrons. The molecule has 0 bridgehead atoms. The molecular formula is C13H15N3O4. The highest BCUT2D eigenvalue weighted by molar-refractivity contribution is 5.97. The van der Waals surface area contributed by atoms with Crippen molar-refractivity contribution in [1.82, 2.24) is 0 Å². The zero-order valence-corrected chi connectivity index (χ0v) is 11.2. The number of carbonyl (C=O) groups is 1. The summed E-state index contributed by atoms with van der Waals surface area (Å²) in [6, 6.07) is 5.97. The summed E-state index contributed by atoms with van der Waals surface area (Å²) in [7, 11) is 0. The number of hydrogen-bond donors (Lipinski definition) is 1. The van der Waals surface area contributed by atoms with E-state index >= 15 is 0 Å². The van der Waals surface area contributed by atoms with Crippen LogP contribution >= 0.6 is 0 Å². The van der Waals surface area contributed by atoms with Crippen molar-refractivity contribution in [3.8, 4) is 6.07 Å². The number of carboxylic acid groups (broad SMARTS) is 1. The van der Waals surface area contributed by atoms with E-state index in [1.54, 1.807) is 18.7 Å². The lowest BCUT2D eigenvalue weighted by Crippen LogP contribution is -2.30. The molecule has 1 rings (SSSR count). The molecule has 0 amide bonds. The number of benzene rings is 1. The van der Waals surface area contributed by atoms with Crippen molar-refractivity contribution in [2.75, 3.05) is 18.0 Å². The summed E-state index contributed by atoms with van der Waals surface area (Å²) in [4.78, 5) is 23.3. The zero-order valence-electron chi connectivity index (χ0n) is 11.2. The van der Waals surface area contributed by atoms with Crippen LogP contribution in [0.3, 0.4) is 0 Å². The Morgan fingerprint density at radius 2 is 2.25 bits per heavy atom. The molecule has 0 spiro atoms. The van der Waals surface area contributed by atoms with Gasteiger partial charge < -0.3 is 10.0 Å². The Balaban J connectivity index is 3.41. The second-order valence-corrected chi connectivity index (χ2v) is 4.30. The molecule has 0 aliphatic rings. The van der Waals surface area contributed by atoms with Crippen LogP contribution in [0, 0.1) is 27.4 Å². The molecule has 0 fully saturated rings. The summed E-state index contributed by atoms with van der Waals surface area (Å²) in [5.74, 6) is -1.59. The molecule has 7 nitrogen and oxygen atoms in total. The highest BCUT2D eigenvalue weighted by Crippen LogP contribution is 2.32. The number of anilines is 1. The van der Waals surface area contributed by atoms with Gasteiger partial charge in [-0.2, -0.15) is 5.26 Å². The minimum Gasteiger partial charge on any atom is -0.478 e. The first kappa shape index (κ1) is 15.4. The number of nitrogens with zero attached hydrogens (tertiary/aromatic N) is 3. The molecule has 0 heterocycles. The Hall–Kier alpha value is -2.62. The molecule has 0 aliphatic heterocycles.